The van der Waals surface area contributed by atoms with Crippen LogP contribution >= 0.6 is 11.8 Å². The van der Waals surface area contributed by atoms with Crippen LogP contribution in [0.2, 0.25) is 0 Å². The van der Waals surface area contributed by atoms with Crippen molar-refractivity contribution in [3.8, 4) is 0 Å². The van der Waals surface area contributed by atoms with Crippen LogP contribution in [0.15, 0.2) is 0 Å². The number of rotatable bonds is 6. The van der Waals surface area contributed by atoms with E-state index in [1.165, 1.54) is 12.8 Å². The molecule has 1 rings (SSSR count). The summed E-state index contributed by atoms with van der Waals surface area (Å²) in [7, 11) is 0. The maximum Gasteiger partial charge on any atom is 0.237 e. The highest BCUT2D eigenvalue weighted by molar-refractivity contribution is 7.99. The third-order valence-electron chi connectivity index (χ3n) is 3.10. The summed E-state index contributed by atoms with van der Waals surface area (Å²) < 4.78 is 0. The van der Waals surface area contributed by atoms with Crippen LogP contribution in [0.1, 0.15) is 46.0 Å². The van der Waals surface area contributed by atoms with Gasteiger partial charge >= 0.3 is 0 Å². The van der Waals surface area contributed by atoms with Crippen molar-refractivity contribution >= 4 is 17.7 Å². The molecule has 3 unspecified atom stereocenters. The summed E-state index contributed by atoms with van der Waals surface area (Å²) in [5, 5.41) is 3.71. The van der Waals surface area contributed by atoms with Gasteiger partial charge < -0.3 is 11.1 Å². The van der Waals surface area contributed by atoms with Crippen LogP contribution in [0.4, 0.5) is 0 Å². The van der Waals surface area contributed by atoms with Gasteiger partial charge in [-0.1, -0.05) is 26.7 Å². The highest BCUT2D eigenvalue weighted by Crippen LogP contribution is 2.29. The van der Waals surface area contributed by atoms with Crippen molar-refractivity contribution in [2.24, 2.45) is 5.73 Å². The summed E-state index contributed by atoms with van der Waals surface area (Å²) in [5.74, 6) is 1.16. The van der Waals surface area contributed by atoms with Gasteiger partial charge in [-0.05, 0) is 25.0 Å². The van der Waals surface area contributed by atoms with Gasteiger partial charge in [0.1, 0.15) is 0 Å². The molecule has 0 aromatic carbocycles. The van der Waals surface area contributed by atoms with Crippen LogP contribution in [0.5, 0.6) is 0 Å². The zero-order valence-corrected chi connectivity index (χ0v) is 11.2. The standard InChI is InChI=1S/C12H24N2OS/c1-3-6-9(13)12(15)14-10-7-5-8-11(10)16-4-2/h9-11H,3-8,13H2,1-2H3,(H,14,15). The first-order chi connectivity index (χ1) is 7.69. The predicted octanol–water partition coefficient (Wildman–Crippen LogP) is 1.90. The topological polar surface area (TPSA) is 55.1 Å². The molecule has 1 saturated carbocycles. The van der Waals surface area contributed by atoms with Crippen LogP contribution in [0.25, 0.3) is 0 Å². The molecule has 0 spiro atoms. The molecule has 94 valence electrons. The molecule has 3 atom stereocenters. The number of hydrogen-bond acceptors (Lipinski definition) is 3. The van der Waals surface area contributed by atoms with Crippen LogP contribution in [-0.4, -0.2) is 29.0 Å². The number of carbonyl (C=O) groups excluding carboxylic acids is 1. The molecule has 0 aromatic heterocycles. The summed E-state index contributed by atoms with van der Waals surface area (Å²) >= 11 is 1.96. The smallest absolute Gasteiger partial charge is 0.237 e. The molecule has 0 aromatic rings. The summed E-state index contributed by atoms with van der Waals surface area (Å²) in [6, 6.07) is 0.0261. The molecule has 3 N–H and O–H groups in total. The molecule has 0 radical (unpaired) electrons. The van der Waals surface area contributed by atoms with Gasteiger partial charge in [-0.15, -0.1) is 0 Å². The van der Waals surface area contributed by atoms with Gasteiger partial charge in [0.05, 0.1) is 6.04 Å². The fraction of sp³-hybridized carbons (Fsp3) is 0.917. The molecular weight excluding hydrogens is 220 g/mol. The molecule has 3 nitrogen and oxygen atoms in total. The van der Waals surface area contributed by atoms with Crippen LogP contribution in [0, 0.1) is 0 Å². The van der Waals surface area contributed by atoms with Crippen molar-refractivity contribution in [1.29, 1.82) is 0 Å². The Hall–Kier alpha value is -0.220. The van der Waals surface area contributed by atoms with E-state index in [2.05, 4.69) is 19.2 Å². The molecule has 0 saturated heterocycles. The number of carbonyl (C=O) groups is 1. The average Bonchev–Trinajstić information content (AvgIpc) is 2.67. The van der Waals surface area contributed by atoms with Crippen LogP contribution in [0.3, 0.4) is 0 Å². The van der Waals surface area contributed by atoms with E-state index in [4.69, 9.17) is 5.73 Å². The van der Waals surface area contributed by atoms with E-state index in [9.17, 15) is 4.79 Å². The SMILES string of the molecule is CCCC(N)C(=O)NC1CCCC1SCC. The quantitative estimate of drug-likeness (QED) is 0.750. The maximum absolute atomic E-state index is 11.8. The Kier molecular flexibility index (Phi) is 6.21. The van der Waals surface area contributed by atoms with Crippen molar-refractivity contribution in [3.63, 3.8) is 0 Å². The normalized spacial score (nSPS) is 26.7. The fourth-order valence-electron chi connectivity index (χ4n) is 2.24. The van der Waals surface area contributed by atoms with Crippen molar-refractivity contribution in [3.05, 3.63) is 0 Å². The first-order valence-electron chi connectivity index (χ1n) is 6.36. The number of thioether (sulfide) groups is 1. The van der Waals surface area contributed by atoms with E-state index in [-0.39, 0.29) is 11.9 Å². The minimum Gasteiger partial charge on any atom is -0.351 e. The first kappa shape index (κ1) is 13.8. The van der Waals surface area contributed by atoms with E-state index in [0.29, 0.717) is 11.3 Å². The van der Waals surface area contributed by atoms with Gasteiger partial charge in [0.15, 0.2) is 0 Å². The molecule has 4 heteroatoms. The molecular formula is C12H24N2OS. The molecule has 1 amide bonds. The van der Waals surface area contributed by atoms with Crippen LogP contribution in [-0.2, 0) is 4.79 Å². The Morgan fingerprint density at radius 3 is 2.88 bits per heavy atom. The zero-order valence-electron chi connectivity index (χ0n) is 10.4. The molecule has 0 aliphatic heterocycles. The third-order valence-corrected chi connectivity index (χ3v) is 4.42. The van der Waals surface area contributed by atoms with E-state index in [1.54, 1.807) is 0 Å². The average molecular weight is 244 g/mol. The summed E-state index contributed by atoms with van der Waals surface area (Å²) in [6.45, 7) is 4.23. The van der Waals surface area contributed by atoms with Gasteiger partial charge in [0.25, 0.3) is 0 Å². The Labute approximate surface area is 103 Å². The van der Waals surface area contributed by atoms with Gasteiger partial charge in [-0.2, -0.15) is 11.8 Å². The van der Waals surface area contributed by atoms with Crippen molar-refractivity contribution in [2.75, 3.05) is 5.75 Å². The molecule has 0 bridgehead atoms. The lowest BCUT2D eigenvalue weighted by Gasteiger charge is -2.22. The molecule has 1 aliphatic rings. The second-order valence-electron chi connectivity index (χ2n) is 4.43. The van der Waals surface area contributed by atoms with Gasteiger partial charge in [0, 0.05) is 11.3 Å². The number of hydrogen-bond donors (Lipinski definition) is 2. The first-order valence-corrected chi connectivity index (χ1v) is 7.41. The van der Waals surface area contributed by atoms with Gasteiger partial charge in [-0.3, -0.25) is 4.79 Å². The summed E-state index contributed by atoms with van der Waals surface area (Å²) in [6.07, 6.45) is 5.32. The lowest BCUT2D eigenvalue weighted by molar-refractivity contribution is -0.123. The van der Waals surface area contributed by atoms with Crippen molar-refractivity contribution in [1.82, 2.24) is 5.32 Å². The number of nitrogens with two attached hydrogens (primary N) is 1. The number of nitrogens with one attached hydrogen (secondary N) is 1. The minimum atomic E-state index is -0.321. The van der Waals surface area contributed by atoms with Crippen LogP contribution < -0.4 is 11.1 Å². The fourth-order valence-corrected chi connectivity index (χ4v) is 3.43. The molecule has 1 aliphatic carbocycles. The zero-order chi connectivity index (χ0) is 12.0. The lowest BCUT2D eigenvalue weighted by Crippen LogP contribution is -2.47. The molecule has 1 fully saturated rings. The van der Waals surface area contributed by atoms with E-state index >= 15 is 0 Å². The second-order valence-corrected chi connectivity index (χ2v) is 5.95. The Morgan fingerprint density at radius 1 is 1.50 bits per heavy atom. The lowest BCUT2D eigenvalue weighted by atomic mass is 10.1. The molecule has 0 heterocycles. The van der Waals surface area contributed by atoms with Gasteiger partial charge in [-0.25, -0.2) is 0 Å². The van der Waals surface area contributed by atoms with Crippen molar-refractivity contribution in [2.45, 2.75) is 63.3 Å². The molecule has 16 heavy (non-hydrogen) atoms. The van der Waals surface area contributed by atoms with Gasteiger partial charge in [0.2, 0.25) is 5.91 Å². The third kappa shape index (κ3) is 3.98. The van der Waals surface area contributed by atoms with E-state index in [1.807, 2.05) is 11.8 Å². The van der Waals surface area contributed by atoms with Crippen molar-refractivity contribution < 1.29 is 4.79 Å². The Morgan fingerprint density at radius 2 is 2.25 bits per heavy atom. The summed E-state index contributed by atoms with van der Waals surface area (Å²) in [4.78, 5) is 11.8. The Bertz CT molecular complexity index is 223. The highest BCUT2D eigenvalue weighted by Gasteiger charge is 2.29. The number of amides is 1. The predicted molar refractivity (Wildman–Crippen MR) is 70.6 cm³/mol. The maximum atomic E-state index is 11.8. The second kappa shape index (κ2) is 7.17. The largest absolute Gasteiger partial charge is 0.351 e. The summed E-state index contributed by atoms with van der Waals surface area (Å²) in [5.41, 5.74) is 5.81. The minimum absolute atomic E-state index is 0.0375. The monoisotopic (exact) mass is 244 g/mol. The van der Waals surface area contributed by atoms with E-state index < -0.39 is 0 Å². The Balaban J connectivity index is 2.37. The highest BCUT2D eigenvalue weighted by atomic mass is 32.2. The van der Waals surface area contributed by atoms with E-state index in [0.717, 1.165) is 25.0 Å².